The van der Waals surface area contributed by atoms with Crippen molar-refractivity contribution in [2.45, 2.75) is 11.8 Å². The number of rotatable bonds is 2. The molecule has 1 nitrogen and oxygen atoms in total. The summed E-state index contributed by atoms with van der Waals surface area (Å²) < 4.78 is 25.2. The zero-order valence-corrected chi connectivity index (χ0v) is 9.07. The summed E-state index contributed by atoms with van der Waals surface area (Å²) >= 11 is 6.17. The molecule has 0 amide bonds. The van der Waals surface area contributed by atoms with Crippen molar-refractivity contribution in [3.05, 3.63) is 28.0 Å². The summed E-state index contributed by atoms with van der Waals surface area (Å²) in [7, 11) is 0. The second-order valence-corrected chi connectivity index (χ2v) is 3.60. The summed E-state index contributed by atoms with van der Waals surface area (Å²) in [6.45, 7) is 0. The second-order valence-electron chi connectivity index (χ2n) is 2.12. The molecule has 1 aromatic heterocycles. The van der Waals surface area contributed by atoms with Crippen LogP contribution in [0, 0.1) is 0 Å². The highest BCUT2D eigenvalue weighted by Gasteiger charge is 2.13. The van der Waals surface area contributed by atoms with Gasteiger partial charge in [-0.2, -0.15) is 0 Å². The van der Waals surface area contributed by atoms with E-state index in [-0.39, 0.29) is 5.56 Å². The molecule has 12 heavy (non-hydrogen) atoms. The van der Waals surface area contributed by atoms with Crippen LogP contribution in [-0.2, 0) is 5.33 Å². The fourth-order valence-electron chi connectivity index (χ4n) is 0.784. The van der Waals surface area contributed by atoms with Crippen LogP contribution >= 0.6 is 31.9 Å². The fraction of sp³-hybridized carbons (Fsp3) is 0.286. The van der Waals surface area contributed by atoms with Crippen molar-refractivity contribution in [1.82, 2.24) is 4.98 Å². The molecule has 5 heteroatoms. The third-order valence-corrected chi connectivity index (χ3v) is 2.30. The van der Waals surface area contributed by atoms with E-state index in [1.165, 1.54) is 12.3 Å². The minimum atomic E-state index is -2.47. The Morgan fingerprint density at radius 2 is 2.17 bits per heavy atom. The van der Waals surface area contributed by atoms with E-state index in [0.717, 1.165) is 0 Å². The maximum Gasteiger partial charge on any atom is 0.265 e. The Hall–Kier alpha value is -0.0300. The largest absolute Gasteiger partial charge is 0.265 e. The Morgan fingerprint density at radius 1 is 1.50 bits per heavy atom. The summed E-state index contributed by atoms with van der Waals surface area (Å²) in [5.41, 5.74) is 0.356. The predicted molar refractivity (Wildman–Crippen MR) is 49.5 cm³/mol. The smallest absolute Gasteiger partial charge is 0.259 e. The van der Waals surface area contributed by atoms with Crippen LogP contribution in [0.1, 0.15) is 17.7 Å². The number of pyridine rings is 1. The van der Waals surface area contributed by atoms with E-state index in [0.29, 0.717) is 15.5 Å². The molecule has 0 aliphatic heterocycles. The van der Waals surface area contributed by atoms with E-state index in [2.05, 4.69) is 36.8 Å². The molecule has 1 heterocycles. The molecule has 1 aromatic rings. The molecule has 0 N–H and O–H groups in total. The second kappa shape index (κ2) is 4.28. The Balaban J connectivity index is 3.12. The highest BCUT2D eigenvalue weighted by Crippen LogP contribution is 2.25. The van der Waals surface area contributed by atoms with Gasteiger partial charge in [0, 0.05) is 21.6 Å². The van der Waals surface area contributed by atoms with E-state index in [1.54, 1.807) is 0 Å². The number of nitrogens with zero attached hydrogens (tertiary/aromatic N) is 1. The van der Waals surface area contributed by atoms with E-state index in [9.17, 15) is 8.78 Å². The molecular formula is C7H5Br2F2N. The average Bonchev–Trinajstić information content (AvgIpc) is 2.04. The summed E-state index contributed by atoms with van der Waals surface area (Å²) in [6, 6.07) is 1.38. The van der Waals surface area contributed by atoms with Crippen LogP contribution < -0.4 is 0 Å². The highest BCUT2D eigenvalue weighted by molar-refractivity contribution is 9.10. The van der Waals surface area contributed by atoms with E-state index >= 15 is 0 Å². The molecule has 66 valence electrons. The van der Waals surface area contributed by atoms with Gasteiger partial charge in [0.1, 0.15) is 0 Å². The van der Waals surface area contributed by atoms with E-state index < -0.39 is 6.43 Å². The molecule has 0 atom stereocenters. The molecule has 0 bridgehead atoms. The lowest BCUT2D eigenvalue weighted by atomic mass is 10.2. The Bertz CT molecular complexity index is 278. The normalized spacial score (nSPS) is 10.8. The lowest BCUT2D eigenvalue weighted by Gasteiger charge is -2.04. The monoisotopic (exact) mass is 299 g/mol. The van der Waals surface area contributed by atoms with Crippen molar-refractivity contribution in [3.63, 3.8) is 0 Å². The lowest BCUT2D eigenvalue weighted by Crippen LogP contribution is -1.95. The zero-order valence-electron chi connectivity index (χ0n) is 5.90. The Kier molecular flexibility index (Phi) is 3.58. The topological polar surface area (TPSA) is 12.9 Å². The summed E-state index contributed by atoms with van der Waals surface area (Å²) in [5.74, 6) is 0. The molecule has 0 fully saturated rings. The van der Waals surface area contributed by atoms with Gasteiger partial charge in [-0.15, -0.1) is 0 Å². The summed E-state index contributed by atoms with van der Waals surface area (Å²) in [6.07, 6.45) is -0.967. The Morgan fingerprint density at radius 3 is 2.67 bits per heavy atom. The van der Waals surface area contributed by atoms with Gasteiger partial charge in [-0.1, -0.05) is 15.9 Å². The molecule has 0 aliphatic carbocycles. The van der Waals surface area contributed by atoms with Gasteiger partial charge in [0.15, 0.2) is 0 Å². The lowest BCUT2D eigenvalue weighted by molar-refractivity contribution is 0.150. The quantitative estimate of drug-likeness (QED) is 0.759. The standard InChI is InChI=1S/C7H5Br2F2N/c8-2-6-5(7(10)11)1-4(9)3-12-6/h1,3,7H,2H2. The number of hydrogen-bond donors (Lipinski definition) is 0. The molecular weight excluding hydrogens is 296 g/mol. The van der Waals surface area contributed by atoms with Gasteiger partial charge in [-0.05, 0) is 22.0 Å². The highest BCUT2D eigenvalue weighted by atomic mass is 79.9. The van der Waals surface area contributed by atoms with E-state index in [4.69, 9.17) is 0 Å². The first-order valence-electron chi connectivity index (χ1n) is 3.13. The van der Waals surface area contributed by atoms with Crippen molar-refractivity contribution < 1.29 is 8.78 Å². The molecule has 0 aliphatic rings. The summed E-state index contributed by atoms with van der Waals surface area (Å²) in [4.78, 5) is 3.84. The average molecular weight is 301 g/mol. The van der Waals surface area contributed by atoms with Crippen molar-refractivity contribution in [2.24, 2.45) is 0 Å². The maximum absolute atomic E-state index is 12.3. The van der Waals surface area contributed by atoms with Crippen LogP contribution in [-0.4, -0.2) is 4.98 Å². The molecule has 0 radical (unpaired) electrons. The minimum absolute atomic E-state index is 0.0266. The molecule has 0 spiro atoms. The van der Waals surface area contributed by atoms with E-state index in [1.807, 2.05) is 0 Å². The van der Waals surface area contributed by atoms with Gasteiger partial charge in [0.05, 0.1) is 5.69 Å². The first-order chi connectivity index (χ1) is 5.65. The molecule has 1 rings (SSSR count). The van der Waals surface area contributed by atoms with Crippen LogP contribution in [0.3, 0.4) is 0 Å². The van der Waals surface area contributed by atoms with Crippen LogP contribution in [0.15, 0.2) is 16.7 Å². The first kappa shape index (κ1) is 10.1. The third kappa shape index (κ3) is 2.23. The van der Waals surface area contributed by atoms with Gasteiger partial charge in [0.2, 0.25) is 0 Å². The number of halogens is 4. The Labute approximate surface area is 85.4 Å². The number of hydrogen-bond acceptors (Lipinski definition) is 1. The van der Waals surface area contributed by atoms with Crippen molar-refractivity contribution in [2.75, 3.05) is 0 Å². The van der Waals surface area contributed by atoms with Gasteiger partial charge in [0.25, 0.3) is 6.43 Å². The van der Waals surface area contributed by atoms with Gasteiger partial charge in [-0.3, -0.25) is 4.98 Å². The van der Waals surface area contributed by atoms with Crippen LogP contribution in [0.4, 0.5) is 8.78 Å². The van der Waals surface area contributed by atoms with Gasteiger partial charge >= 0.3 is 0 Å². The third-order valence-electron chi connectivity index (χ3n) is 1.33. The molecule has 0 saturated carbocycles. The zero-order chi connectivity index (χ0) is 9.14. The van der Waals surface area contributed by atoms with Crippen LogP contribution in [0.25, 0.3) is 0 Å². The fourth-order valence-corrected chi connectivity index (χ4v) is 1.60. The summed E-state index contributed by atoms with van der Waals surface area (Å²) in [5, 5.41) is 0.347. The molecule has 0 unspecified atom stereocenters. The predicted octanol–water partition coefficient (Wildman–Crippen LogP) is 3.68. The van der Waals surface area contributed by atoms with Crippen LogP contribution in [0.5, 0.6) is 0 Å². The molecule has 0 aromatic carbocycles. The van der Waals surface area contributed by atoms with Crippen molar-refractivity contribution in [3.8, 4) is 0 Å². The SMILES string of the molecule is FC(F)c1cc(Br)cnc1CBr. The first-order valence-corrected chi connectivity index (χ1v) is 5.05. The van der Waals surface area contributed by atoms with Crippen molar-refractivity contribution in [1.29, 1.82) is 0 Å². The van der Waals surface area contributed by atoms with Gasteiger partial charge < -0.3 is 0 Å². The number of aromatic nitrogens is 1. The molecule has 0 saturated heterocycles. The van der Waals surface area contributed by atoms with Crippen molar-refractivity contribution >= 4 is 31.9 Å². The maximum atomic E-state index is 12.3. The van der Waals surface area contributed by atoms with Crippen LogP contribution in [0.2, 0.25) is 0 Å². The van der Waals surface area contributed by atoms with Gasteiger partial charge in [-0.25, -0.2) is 8.78 Å². The number of alkyl halides is 3. The minimum Gasteiger partial charge on any atom is -0.259 e.